The van der Waals surface area contributed by atoms with Crippen molar-refractivity contribution >= 4 is 5.91 Å². The van der Waals surface area contributed by atoms with Crippen molar-refractivity contribution in [2.75, 3.05) is 6.54 Å². The van der Waals surface area contributed by atoms with Crippen LogP contribution in [0.3, 0.4) is 0 Å². The maximum absolute atomic E-state index is 12.8. The Balaban J connectivity index is 1.61. The average molecular weight is 421 g/mol. The smallest absolute Gasteiger partial charge is 0.251 e. The normalized spacial score (nSPS) is 12.6. The molecule has 0 heterocycles. The highest BCUT2D eigenvalue weighted by molar-refractivity contribution is 5.94. The van der Waals surface area contributed by atoms with Gasteiger partial charge in [-0.15, -0.1) is 0 Å². The quantitative estimate of drug-likeness (QED) is 0.363. The molecule has 32 heavy (non-hydrogen) atoms. The molecule has 0 bridgehead atoms. The minimum Gasteiger partial charge on any atom is -0.351 e. The second kappa shape index (κ2) is 11.1. The summed E-state index contributed by atoms with van der Waals surface area (Å²) < 4.78 is 0. The van der Waals surface area contributed by atoms with E-state index in [0.717, 1.165) is 6.54 Å². The van der Waals surface area contributed by atoms with Crippen molar-refractivity contribution in [2.45, 2.75) is 18.5 Å². The molecule has 2 atom stereocenters. The van der Waals surface area contributed by atoms with Gasteiger partial charge >= 0.3 is 0 Å². The van der Waals surface area contributed by atoms with Crippen LogP contribution in [-0.4, -0.2) is 12.5 Å². The summed E-state index contributed by atoms with van der Waals surface area (Å²) in [6.45, 7) is 1.27. The van der Waals surface area contributed by atoms with Crippen molar-refractivity contribution in [3.8, 4) is 0 Å². The summed E-state index contributed by atoms with van der Waals surface area (Å²) in [5, 5.41) is 6.93. The first-order valence-corrected chi connectivity index (χ1v) is 11.0. The molecule has 0 fully saturated rings. The Labute approximate surface area is 190 Å². The van der Waals surface area contributed by atoms with Crippen LogP contribution in [0.25, 0.3) is 0 Å². The number of hydrogen-bond donors (Lipinski definition) is 2. The van der Waals surface area contributed by atoms with Gasteiger partial charge in [-0.25, -0.2) is 0 Å². The van der Waals surface area contributed by atoms with E-state index in [9.17, 15) is 4.79 Å². The van der Waals surface area contributed by atoms with Gasteiger partial charge in [-0.2, -0.15) is 0 Å². The largest absolute Gasteiger partial charge is 0.351 e. The first-order chi connectivity index (χ1) is 15.8. The third-order valence-corrected chi connectivity index (χ3v) is 5.68. The molecule has 0 aliphatic rings. The Hall–Kier alpha value is -3.69. The third-order valence-electron chi connectivity index (χ3n) is 5.68. The van der Waals surface area contributed by atoms with E-state index >= 15 is 0 Å². The molecule has 0 aliphatic heterocycles. The zero-order valence-electron chi connectivity index (χ0n) is 18.0. The highest BCUT2D eigenvalue weighted by Gasteiger charge is 2.25. The van der Waals surface area contributed by atoms with Crippen LogP contribution < -0.4 is 10.6 Å². The fourth-order valence-electron chi connectivity index (χ4n) is 4.00. The fourth-order valence-corrected chi connectivity index (χ4v) is 4.00. The minimum atomic E-state index is -0.0543. The average Bonchev–Trinajstić information content (AvgIpc) is 2.88. The number of amides is 1. The van der Waals surface area contributed by atoms with Crippen LogP contribution in [0.15, 0.2) is 121 Å². The number of benzene rings is 4. The molecule has 0 saturated carbocycles. The van der Waals surface area contributed by atoms with E-state index in [0.29, 0.717) is 12.1 Å². The standard InChI is InChI=1S/C29H28N2O/c32-29(26-19-11-4-12-20-26)31-22-27(24-15-7-2-8-16-24)28(25-17-9-3-10-18-25)30-21-23-13-5-1-6-14-23/h1-20,27-28,30H,21-22H2,(H,31,32)/t27-,28+/m0/s1. The van der Waals surface area contributed by atoms with Gasteiger partial charge in [0.15, 0.2) is 0 Å². The van der Waals surface area contributed by atoms with Crippen LogP contribution >= 0.6 is 0 Å². The van der Waals surface area contributed by atoms with Crippen molar-refractivity contribution in [2.24, 2.45) is 0 Å². The second-order valence-corrected chi connectivity index (χ2v) is 7.85. The van der Waals surface area contributed by atoms with Crippen LogP contribution in [0.5, 0.6) is 0 Å². The van der Waals surface area contributed by atoms with Gasteiger partial charge in [0.2, 0.25) is 0 Å². The number of rotatable bonds is 9. The molecule has 0 radical (unpaired) electrons. The van der Waals surface area contributed by atoms with Crippen LogP contribution in [-0.2, 0) is 6.54 Å². The van der Waals surface area contributed by atoms with E-state index in [2.05, 4.69) is 83.4 Å². The molecular weight excluding hydrogens is 392 g/mol. The lowest BCUT2D eigenvalue weighted by Gasteiger charge is -2.30. The Morgan fingerprint density at radius 2 is 1.12 bits per heavy atom. The highest BCUT2D eigenvalue weighted by atomic mass is 16.1. The predicted molar refractivity (Wildman–Crippen MR) is 130 cm³/mol. The maximum atomic E-state index is 12.8. The van der Waals surface area contributed by atoms with E-state index in [-0.39, 0.29) is 17.9 Å². The van der Waals surface area contributed by atoms with Crippen LogP contribution in [0.4, 0.5) is 0 Å². The number of nitrogens with one attached hydrogen (secondary N) is 2. The van der Waals surface area contributed by atoms with Gasteiger partial charge in [-0.1, -0.05) is 109 Å². The maximum Gasteiger partial charge on any atom is 0.251 e. The molecule has 4 aromatic carbocycles. The van der Waals surface area contributed by atoms with E-state index < -0.39 is 0 Å². The lowest BCUT2D eigenvalue weighted by atomic mass is 9.86. The topological polar surface area (TPSA) is 41.1 Å². The van der Waals surface area contributed by atoms with Crippen molar-refractivity contribution in [1.29, 1.82) is 0 Å². The zero-order valence-corrected chi connectivity index (χ0v) is 18.0. The third kappa shape index (κ3) is 5.71. The van der Waals surface area contributed by atoms with Crippen molar-refractivity contribution in [1.82, 2.24) is 10.6 Å². The van der Waals surface area contributed by atoms with Gasteiger partial charge in [0.05, 0.1) is 0 Å². The lowest BCUT2D eigenvalue weighted by molar-refractivity contribution is 0.0949. The first-order valence-electron chi connectivity index (χ1n) is 11.0. The van der Waals surface area contributed by atoms with Crippen molar-refractivity contribution in [3.05, 3.63) is 144 Å². The Morgan fingerprint density at radius 3 is 1.72 bits per heavy atom. The molecule has 160 valence electrons. The van der Waals surface area contributed by atoms with Gasteiger partial charge in [0.1, 0.15) is 0 Å². The van der Waals surface area contributed by atoms with Gasteiger partial charge in [0.25, 0.3) is 5.91 Å². The highest BCUT2D eigenvalue weighted by Crippen LogP contribution is 2.31. The van der Waals surface area contributed by atoms with E-state index in [1.54, 1.807) is 0 Å². The van der Waals surface area contributed by atoms with Crippen LogP contribution in [0.2, 0.25) is 0 Å². The summed E-state index contributed by atoms with van der Waals surface area (Å²) in [5.74, 6) is 0.0105. The van der Waals surface area contributed by atoms with E-state index in [1.807, 2.05) is 48.5 Å². The molecule has 3 heteroatoms. The van der Waals surface area contributed by atoms with Crippen molar-refractivity contribution in [3.63, 3.8) is 0 Å². The van der Waals surface area contributed by atoms with Crippen LogP contribution in [0, 0.1) is 0 Å². The molecule has 0 saturated heterocycles. The molecule has 4 aromatic rings. The number of hydrogen-bond acceptors (Lipinski definition) is 2. The molecule has 3 nitrogen and oxygen atoms in total. The predicted octanol–water partition coefficient (Wildman–Crippen LogP) is 5.73. The zero-order chi connectivity index (χ0) is 22.0. The first kappa shape index (κ1) is 21.5. The summed E-state index contributed by atoms with van der Waals surface area (Å²) in [7, 11) is 0. The summed E-state index contributed by atoms with van der Waals surface area (Å²) in [4.78, 5) is 12.8. The fraction of sp³-hybridized carbons (Fsp3) is 0.138. The van der Waals surface area contributed by atoms with Gasteiger partial charge in [-0.3, -0.25) is 4.79 Å². The minimum absolute atomic E-state index is 0.0369. The molecular formula is C29H28N2O. The van der Waals surface area contributed by atoms with Gasteiger partial charge < -0.3 is 10.6 Å². The molecule has 2 N–H and O–H groups in total. The molecule has 1 amide bonds. The molecule has 0 spiro atoms. The Bertz CT molecular complexity index is 1080. The number of carbonyl (C=O) groups is 1. The molecule has 4 rings (SSSR count). The second-order valence-electron chi connectivity index (χ2n) is 7.85. The Morgan fingerprint density at radius 1 is 0.625 bits per heavy atom. The summed E-state index contributed by atoms with van der Waals surface area (Å²) in [6, 6.07) is 40.7. The van der Waals surface area contributed by atoms with Gasteiger partial charge in [0, 0.05) is 30.6 Å². The number of carbonyl (C=O) groups excluding carboxylic acids is 1. The molecule has 0 aliphatic carbocycles. The molecule has 0 aromatic heterocycles. The van der Waals surface area contributed by atoms with E-state index in [4.69, 9.17) is 0 Å². The van der Waals surface area contributed by atoms with Crippen LogP contribution in [0.1, 0.15) is 39.0 Å². The van der Waals surface area contributed by atoms with E-state index in [1.165, 1.54) is 16.7 Å². The summed E-state index contributed by atoms with van der Waals surface area (Å²) in [5.41, 5.74) is 4.29. The molecule has 0 unspecified atom stereocenters. The lowest BCUT2D eigenvalue weighted by Crippen LogP contribution is -2.35. The SMILES string of the molecule is O=C(NC[C@@H](c1ccccc1)[C@H](NCc1ccccc1)c1ccccc1)c1ccccc1. The van der Waals surface area contributed by atoms with Crippen molar-refractivity contribution < 1.29 is 4.79 Å². The summed E-state index contributed by atoms with van der Waals surface area (Å²) >= 11 is 0. The monoisotopic (exact) mass is 420 g/mol. The Kier molecular flexibility index (Phi) is 7.46. The van der Waals surface area contributed by atoms with Gasteiger partial charge in [-0.05, 0) is 28.8 Å². The summed E-state index contributed by atoms with van der Waals surface area (Å²) in [6.07, 6.45) is 0.